The summed E-state index contributed by atoms with van der Waals surface area (Å²) in [4.78, 5) is 11.1. The number of carboxylic acids is 1. The predicted molar refractivity (Wildman–Crippen MR) is 81.7 cm³/mol. The highest BCUT2D eigenvalue weighted by atomic mass is 16.5. The quantitative estimate of drug-likeness (QED) is 0.740. The Kier molecular flexibility index (Phi) is 5.81. The molecule has 1 fully saturated rings. The Morgan fingerprint density at radius 3 is 2.40 bits per heavy atom. The van der Waals surface area contributed by atoms with Crippen LogP contribution >= 0.6 is 0 Å². The molecule has 0 aromatic heterocycles. The van der Waals surface area contributed by atoms with Crippen LogP contribution in [0.5, 0.6) is 0 Å². The third-order valence-corrected chi connectivity index (χ3v) is 4.49. The summed E-state index contributed by atoms with van der Waals surface area (Å²) >= 11 is 0. The first-order valence-electron chi connectivity index (χ1n) is 7.71. The molecule has 1 rings (SSSR count). The molecule has 3 nitrogen and oxygen atoms in total. The van der Waals surface area contributed by atoms with Crippen molar-refractivity contribution in [3.8, 4) is 0 Å². The predicted octanol–water partition coefficient (Wildman–Crippen LogP) is 4.27. The van der Waals surface area contributed by atoms with Crippen LogP contribution in [0.4, 0.5) is 0 Å². The van der Waals surface area contributed by atoms with Crippen molar-refractivity contribution in [1.82, 2.24) is 0 Å². The van der Waals surface area contributed by atoms with Gasteiger partial charge >= 0.3 is 5.97 Å². The summed E-state index contributed by atoms with van der Waals surface area (Å²) < 4.78 is 6.09. The summed E-state index contributed by atoms with van der Waals surface area (Å²) in [7, 11) is 0. The Morgan fingerprint density at radius 2 is 1.95 bits per heavy atom. The molecule has 20 heavy (non-hydrogen) atoms. The molecule has 0 bridgehead atoms. The van der Waals surface area contributed by atoms with Crippen LogP contribution < -0.4 is 0 Å². The van der Waals surface area contributed by atoms with E-state index in [1.54, 1.807) is 0 Å². The smallest absolute Gasteiger partial charge is 0.333 e. The van der Waals surface area contributed by atoms with Gasteiger partial charge in [-0.15, -0.1) is 0 Å². The minimum absolute atomic E-state index is 0.0816. The molecule has 0 amide bonds. The van der Waals surface area contributed by atoms with Gasteiger partial charge in [0.1, 0.15) is 0 Å². The number of rotatable bonds is 6. The highest BCUT2D eigenvalue weighted by Crippen LogP contribution is 2.41. The molecule has 1 N–H and O–H groups in total. The Bertz CT molecular complexity index is 357. The molecule has 3 heteroatoms. The zero-order valence-corrected chi connectivity index (χ0v) is 13.6. The van der Waals surface area contributed by atoms with Crippen LogP contribution in [0.25, 0.3) is 0 Å². The molecule has 0 aromatic rings. The Labute approximate surface area is 123 Å². The molecular formula is C17H30O3. The summed E-state index contributed by atoms with van der Waals surface area (Å²) in [6, 6.07) is 0. The van der Waals surface area contributed by atoms with Gasteiger partial charge in [0.05, 0.1) is 17.8 Å². The lowest BCUT2D eigenvalue weighted by Gasteiger charge is -2.39. The van der Waals surface area contributed by atoms with Crippen LogP contribution in [0.15, 0.2) is 12.2 Å². The van der Waals surface area contributed by atoms with Gasteiger partial charge in [0.25, 0.3) is 0 Å². The van der Waals surface area contributed by atoms with Crippen LogP contribution in [0.3, 0.4) is 0 Å². The van der Waals surface area contributed by atoms with E-state index in [4.69, 9.17) is 9.84 Å². The van der Waals surface area contributed by atoms with Crippen molar-refractivity contribution in [2.75, 3.05) is 0 Å². The second-order valence-corrected chi connectivity index (χ2v) is 7.36. The van der Waals surface area contributed by atoms with Gasteiger partial charge in [0.15, 0.2) is 0 Å². The van der Waals surface area contributed by atoms with Crippen molar-refractivity contribution in [2.24, 2.45) is 17.3 Å². The lowest BCUT2D eigenvalue weighted by Crippen LogP contribution is -2.36. The maximum absolute atomic E-state index is 11.1. The van der Waals surface area contributed by atoms with E-state index in [2.05, 4.69) is 27.4 Å². The maximum Gasteiger partial charge on any atom is 0.333 e. The molecule has 1 saturated carbocycles. The zero-order valence-electron chi connectivity index (χ0n) is 13.6. The molecule has 0 aromatic carbocycles. The van der Waals surface area contributed by atoms with Gasteiger partial charge in [-0.1, -0.05) is 40.7 Å². The average molecular weight is 282 g/mol. The van der Waals surface area contributed by atoms with Gasteiger partial charge in [-0.3, -0.25) is 0 Å². The number of hydrogen-bond acceptors (Lipinski definition) is 2. The molecule has 0 saturated heterocycles. The number of carbonyl (C=O) groups is 1. The van der Waals surface area contributed by atoms with E-state index in [9.17, 15) is 4.79 Å². The van der Waals surface area contributed by atoms with Crippen molar-refractivity contribution in [1.29, 1.82) is 0 Å². The van der Waals surface area contributed by atoms with Gasteiger partial charge in [-0.05, 0) is 43.4 Å². The second kappa shape index (κ2) is 6.75. The average Bonchev–Trinajstić information content (AvgIpc) is 2.33. The Hall–Kier alpha value is -0.830. The molecule has 0 aliphatic heterocycles. The first kappa shape index (κ1) is 17.2. The number of ether oxygens (including phenoxy) is 1. The molecule has 0 spiro atoms. The van der Waals surface area contributed by atoms with Gasteiger partial charge < -0.3 is 9.84 Å². The number of carboxylic acid groups (broad SMARTS) is 1. The largest absolute Gasteiger partial charge is 0.478 e. The fourth-order valence-corrected chi connectivity index (χ4v) is 3.26. The molecule has 1 aliphatic rings. The third kappa shape index (κ3) is 4.62. The van der Waals surface area contributed by atoms with Crippen molar-refractivity contribution >= 4 is 5.97 Å². The second-order valence-electron chi connectivity index (χ2n) is 7.36. The standard InChI is InChI=1S/C17H30O3/c1-11(2)15(12(3)16(18)19)20-13(4)14-8-7-9-17(5,6)10-14/h11,13-15H,3,7-10H2,1-2,4-6H3,(H,18,19). The third-order valence-electron chi connectivity index (χ3n) is 4.49. The minimum atomic E-state index is -0.958. The van der Waals surface area contributed by atoms with Crippen molar-refractivity contribution in [3.05, 3.63) is 12.2 Å². The highest BCUT2D eigenvalue weighted by molar-refractivity contribution is 5.87. The molecular weight excluding hydrogens is 252 g/mol. The van der Waals surface area contributed by atoms with Crippen LogP contribution in [-0.4, -0.2) is 23.3 Å². The number of hydrogen-bond donors (Lipinski definition) is 1. The van der Waals surface area contributed by atoms with Crippen LogP contribution in [0.1, 0.15) is 60.3 Å². The van der Waals surface area contributed by atoms with Gasteiger partial charge in [-0.2, -0.15) is 0 Å². The van der Waals surface area contributed by atoms with E-state index in [-0.39, 0.29) is 17.6 Å². The molecule has 0 radical (unpaired) electrons. The normalized spacial score (nSPS) is 25.2. The summed E-state index contributed by atoms with van der Waals surface area (Å²) in [6.45, 7) is 14.3. The monoisotopic (exact) mass is 282 g/mol. The maximum atomic E-state index is 11.1. The van der Waals surface area contributed by atoms with E-state index in [0.717, 1.165) is 6.42 Å². The first-order chi connectivity index (χ1) is 9.14. The van der Waals surface area contributed by atoms with Crippen molar-refractivity contribution in [2.45, 2.75) is 72.5 Å². The number of aliphatic carboxylic acids is 1. The Morgan fingerprint density at radius 1 is 1.35 bits per heavy atom. The SMILES string of the molecule is C=C(C(=O)O)C(OC(C)C1CCCC(C)(C)C1)C(C)C. The molecule has 3 unspecified atom stereocenters. The molecule has 1 aliphatic carbocycles. The van der Waals surface area contributed by atoms with Crippen LogP contribution in [-0.2, 0) is 9.53 Å². The van der Waals surface area contributed by atoms with E-state index in [1.165, 1.54) is 19.3 Å². The molecule has 116 valence electrons. The van der Waals surface area contributed by atoms with E-state index in [1.807, 2.05) is 13.8 Å². The van der Waals surface area contributed by atoms with Crippen LogP contribution in [0.2, 0.25) is 0 Å². The highest BCUT2D eigenvalue weighted by Gasteiger charge is 2.33. The van der Waals surface area contributed by atoms with E-state index in [0.29, 0.717) is 11.3 Å². The van der Waals surface area contributed by atoms with E-state index < -0.39 is 12.1 Å². The van der Waals surface area contributed by atoms with Crippen molar-refractivity contribution < 1.29 is 14.6 Å². The fraction of sp³-hybridized carbons (Fsp3) is 0.824. The summed E-state index contributed by atoms with van der Waals surface area (Å²) in [5, 5.41) is 9.13. The van der Waals surface area contributed by atoms with Gasteiger partial charge in [0, 0.05) is 0 Å². The summed E-state index contributed by atoms with van der Waals surface area (Å²) in [5.74, 6) is -0.320. The van der Waals surface area contributed by atoms with Gasteiger partial charge in [-0.25, -0.2) is 4.79 Å². The fourth-order valence-electron chi connectivity index (χ4n) is 3.26. The van der Waals surface area contributed by atoms with Crippen LogP contribution in [0, 0.1) is 17.3 Å². The van der Waals surface area contributed by atoms with E-state index >= 15 is 0 Å². The lowest BCUT2D eigenvalue weighted by atomic mass is 9.71. The zero-order chi connectivity index (χ0) is 15.5. The Balaban J connectivity index is 2.68. The summed E-state index contributed by atoms with van der Waals surface area (Å²) in [5.41, 5.74) is 0.541. The topological polar surface area (TPSA) is 46.5 Å². The van der Waals surface area contributed by atoms with Crippen molar-refractivity contribution in [3.63, 3.8) is 0 Å². The lowest BCUT2D eigenvalue weighted by molar-refractivity contribution is -0.136. The molecule has 0 heterocycles. The molecule has 3 atom stereocenters. The minimum Gasteiger partial charge on any atom is -0.478 e. The first-order valence-corrected chi connectivity index (χ1v) is 7.71. The summed E-state index contributed by atoms with van der Waals surface area (Å²) in [6.07, 6.45) is 4.52. The van der Waals surface area contributed by atoms with Gasteiger partial charge in [0.2, 0.25) is 0 Å².